The van der Waals surface area contributed by atoms with Crippen molar-refractivity contribution in [1.82, 2.24) is 4.90 Å². The topological polar surface area (TPSA) is 87.8 Å². The van der Waals surface area contributed by atoms with Crippen molar-refractivity contribution in [3.63, 3.8) is 0 Å². The highest BCUT2D eigenvalue weighted by atomic mass is 16.5. The number of carboxylic acids is 1. The highest BCUT2D eigenvalue weighted by Gasteiger charge is 2.39. The molecule has 2 heterocycles. The fourth-order valence-electron chi connectivity index (χ4n) is 4.59. The molecule has 0 radical (unpaired) electrons. The maximum atomic E-state index is 10.7. The SMILES string of the molecule is COc1ccc2c(c1)C(N)N(C1CC1)C(C)C2.O=C(O)c1ccc2c(c1)CCCN2. The molecule has 0 spiro atoms. The Morgan fingerprint density at radius 1 is 1.20 bits per heavy atom. The number of hydrogen-bond donors (Lipinski definition) is 3. The molecular weight excluding hydrogens is 378 g/mol. The molecule has 2 aromatic carbocycles. The molecule has 160 valence electrons. The number of fused-ring (bicyclic) bond motifs is 2. The lowest BCUT2D eigenvalue weighted by Crippen LogP contribution is -2.47. The van der Waals surface area contributed by atoms with Crippen LogP contribution in [0.2, 0.25) is 0 Å². The zero-order valence-corrected chi connectivity index (χ0v) is 17.7. The van der Waals surface area contributed by atoms with Crippen LogP contribution in [0.15, 0.2) is 36.4 Å². The van der Waals surface area contributed by atoms with E-state index in [2.05, 4.69) is 29.3 Å². The van der Waals surface area contributed by atoms with Crippen LogP contribution in [0.3, 0.4) is 0 Å². The van der Waals surface area contributed by atoms with E-state index in [1.807, 2.05) is 12.1 Å². The van der Waals surface area contributed by atoms with Crippen molar-refractivity contribution in [3.05, 3.63) is 58.7 Å². The molecule has 2 unspecified atom stereocenters. The van der Waals surface area contributed by atoms with Gasteiger partial charge in [0, 0.05) is 24.3 Å². The van der Waals surface area contributed by atoms with Gasteiger partial charge in [0.2, 0.25) is 0 Å². The van der Waals surface area contributed by atoms with Crippen LogP contribution in [0.1, 0.15) is 59.4 Å². The monoisotopic (exact) mass is 409 g/mol. The first-order chi connectivity index (χ1) is 14.5. The first kappa shape index (κ1) is 20.7. The highest BCUT2D eigenvalue weighted by molar-refractivity contribution is 5.88. The number of aromatic carboxylic acids is 1. The van der Waals surface area contributed by atoms with Gasteiger partial charge in [-0.25, -0.2) is 4.79 Å². The summed E-state index contributed by atoms with van der Waals surface area (Å²) in [5.41, 5.74) is 11.6. The van der Waals surface area contributed by atoms with E-state index < -0.39 is 5.97 Å². The summed E-state index contributed by atoms with van der Waals surface area (Å²) in [7, 11) is 1.71. The summed E-state index contributed by atoms with van der Waals surface area (Å²) in [5.74, 6) is 0.0536. The number of carbonyl (C=O) groups is 1. The lowest BCUT2D eigenvalue weighted by molar-refractivity contribution is 0.0696. The molecule has 5 rings (SSSR count). The van der Waals surface area contributed by atoms with Gasteiger partial charge in [0.15, 0.2) is 0 Å². The molecule has 0 bridgehead atoms. The minimum Gasteiger partial charge on any atom is -0.497 e. The van der Waals surface area contributed by atoms with Crippen molar-refractivity contribution in [3.8, 4) is 5.75 Å². The van der Waals surface area contributed by atoms with Crippen LogP contribution in [0.25, 0.3) is 0 Å². The van der Waals surface area contributed by atoms with Crippen molar-refractivity contribution in [2.45, 2.75) is 57.3 Å². The van der Waals surface area contributed by atoms with E-state index in [1.165, 1.54) is 24.0 Å². The number of nitrogens with one attached hydrogen (secondary N) is 1. The molecule has 2 aliphatic heterocycles. The number of anilines is 1. The molecule has 0 aromatic heterocycles. The van der Waals surface area contributed by atoms with Crippen LogP contribution in [-0.2, 0) is 12.8 Å². The predicted octanol–water partition coefficient (Wildman–Crippen LogP) is 3.80. The molecule has 0 saturated heterocycles. The molecule has 1 fully saturated rings. The van der Waals surface area contributed by atoms with Gasteiger partial charge in [0.25, 0.3) is 0 Å². The zero-order chi connectivity index (χ0) is 21.3. The quantitative estimate of drug-likeness (QED) is 0.715. The number of hydrogen-bond acceptors (Lipinski definition) is 5. The molecule has 1 saturated carbocycles. The first-order valence-corrected chi connectivity index (χ1v) is 10.8. The van der Waals surface area contributed by atoms with E-state index >= 15 is 0 Å². The lowest BCUT2D eigenvalue weighted by Gasteiger charge is -2.40. The van der Waals surface area contributed by atoms with Gasteiger partial charge in [-0.2, -0.15) is 0 Å². The van der Waals surface area contributed by atoms with Gasteiger partial charge in [-0.1, -0.05) is 6.07 Å². The second-order valence-corrected chi connectivity index (χ2v) is 8.45. The molecule has 2 atom stereocenters. The number of ether oxygens (including phenoxy) is 1. The van der Waals surface area contributed by atoms with Gasteiger partial charge >= 0.3 is 5.97 Å². The Morgan fingerprint density at radius 3 is 2.70 bits per heavy atom. The number of benzene rings is 2. The minimum atomic E-state index is -0.853. The third-order valence-corrected chi connectivity index (χ3v) is 6.28. The van der Waals surface area contributed by atoms with Gasteiger partial charge in [0.1, 0.15) is 5.75 Å². The molecule has 6 heteroatoms. The Bertz CT molecular complexity index is 926. The molecule has 6 nitrogen and oxygen atoms in total. The van der Waals surface area contributed by atoms with E-state index in [0.717, 1.165) is 42.8 Å². The third-order valence-electron chi connectivity index (χ3n) is 6.28. The van der Waals surface area contributed by atoms with Crippen LogP contribution in [0, 0.1) is 0 Å². The number of rotatable bonds is 3. The molecule has 4 N–H and O–H groups in total. The Labute approximate surface area is 178 Å². The number of nitrogens with two attached hydrogens (primary N) is 1. The smallest absolute Gasteiger partial charge is 0.335 e. The van der Waals surface area contributed by atoms with Crippen LogP contribution in [0.4, 0.5) is 5.69 Å². The summed E-state index contributed by atoms with van der Waals surface area (Å²) in [4.78, 5) is 13.1. The summed E-state index contributed by atoms with van der Waals surface area (Å²) in [5, 5.41) is 12.0. The summed E-state index contributed by atoms with van der Waals surface area (Å²) >= 11 is 0. The van der Waals surface area contributed by atoms with Crippen LogP contribution in [0.5, 0.6) is 5.75 Å². The summed E-state index contributed by atoms with van der Waals surface area (Å²) in [6.07, 6.45) is 5.80. The summed E-state index contributed by atoms with van der Waals surface area (Å²) in [6, 6.07) is 12.8. The van der Waals surface area contributed by atoms with Crippen molar-refractivity contribution < 1.29 is 14.6 Å². The fraction of sp³-hybridized carbons (Fsp3) is 0.458. The molecule has 30 heavy (non-hydrogen) atoms. The van der Waals surface area contributed by atoms with Gasteiger partial charge < -0.3 is 20.9 Å². The van der Waals surface area contributed by atoms with Gasteiger partial charge in [-0.3, -0.25) is 4.90 Å². The number of carboxylic acid groups (broad SMARTS) is 1. The van der Waals surface area contributed by atoms with Crippen LogP contribution in [-0.4, -0.2) is 41.7 Å². The molecule has 3 aliphatic rings. The molecule has 2 aromatic rings. The van der Waals surface area contributed by atoms with E-state index in [-0.39, 0.29) is 6.17 Å². The van der Waals surface area contributed by atoms with Crippen molar-refractivity contribution >= 4 is 11.7 Å². The Kier molecular flexibility index (Phi) is 5.97. The van der Waals surface area contributed by atoms with Crippen LogP contribution < -0.4 is 15.8 Å². The highest BCUT2D eigenvalue weighted by Crippen LogP contribution is 2.39. The standard InChI is InChI=1S/C14H20N2O.C10H11NO2/c1-9-7-10-3-6-12(17-2)8-13(10)14(15)16(9)11-4-5-11;12-10(13)8-3-4-9-7(6-8)2-1-5-11-9/h3,6,8-9,11,14H,4-5,7,15H2,1-2H3;3-4,6,11H,1-2,5H2,(H,12,13). The average Bonchev–Trinajstić information content (AvgIpc) is 3.59. The second-order valence-electron chi connectivity index (χ2n) is 8.45. The largest absolute Gasteiger partial charge is 0.497 e. The number of nitrogens with zero attached hydrogens (tertiary/aromatic N) is 1. The lowest BCUT2D eigenvalue weighted by atomic mass is 9.92. The minimum absolute atomic E-state index is 0.0383. The predicted molar refractivity (Wildman–Crippen MR) is 118 cm³/mol. The Morgan fingerprint density at radius 2 is 2.00 bits per heavy atom. The fourth-order valence-corrected chi connectivity index (χ4v) is 4.59. The Balaban J connectivity index is 0.000000151. The van der Waals surface area contributed by atoms with E-state index in [1.54, 1.807) is 19.2 Å². The van der Waals surface area contributed by atoms with Gasteiger partial charge in [-0.05, 0) is 86.1 Å². The maximum absolute atomic E-state index is 10.7. The van der Waals surface area contributed by atoms with E-state index in [9.17, 15) is 4.79 Å². The van der Waals surface area contributed by atoms with Gasteiger partial charge in [0.05, 0.1) is 18.8 Å². The molecule has 1 aliphatic carbocycles. The average molecular weight is 410 g/mol. The van der Waals surface area contributed by atoms with Crippen molar-refractivity contribution in [2.75, 3.05) is 19.0 Å². The molecule has 0 amide bonds. The van der Waals surface area contributed by atoms with E-state index in [0.29, 0.717) is 17.6 Å². The van der Waals surface area contributed by atoms with Crippen LogP contribution >= 0.6 is 0 Å². The van der Waals surface area contributed by atoms with E-state index in [4.69, 9.17) is 15.6 Å². The maximum Gasteiger partial charge on any atom is 0.335 e. The second kappa shape index (κ2) is 8.66. The number of aryl methyl sites for hydroxylation is 1. The number of methoxy groups -OCH3 is 1. The van der Waals surface area contributed by atoms with Gasteiger partial charge in [-0.15, -0.1) is 0 Å². The summed E-state index contributed by atoms with van der Waals surface area (Å²) < 4.78 is 5.29. The first-order valence-electron chi connectivity index (χ1n) is 10.8. The normalized spacial score (nSPS) is 22.6. The summed E-state index contributed by atoms with van der Waals surface area (Å²) in [6.45, 7) is 3.27. The van der Waals surface area contributed by atoms with Crippen molar-refractivity contribution in [2.24, 2.45) is 5.73 Å². The Hall–Kier alpha value is -2.57. The molecular formula is C24H31N3O3. The van der Waals surface area contributed by atoms with Crippen molar-refractivity contribution in [1.29, 1.82) is 0 Å². The third kappa shape index (κ3) is 4.30. The zero-order valence-electron chi connectivity index (χ0n) is 17.7.